The van der Waals surface area contributed by atoms with Crippen LogP contribution in [0, 0.1) is 0 Å². The van der Waals surface area contributed by atoms with Crippen LogP contribution in [0.2, 0.25) is 0 Å². The van der Waals surface area contributed by atoms with Crippen molar-refractivity contribution in [1.29, 1.82) is 0 Å². The summed E-state index contributed by atoms with van der Waals surface area (Å²) in [6.07, 6.45) is 35.6. The molecular weight excluding hydrogens is 484 g/mol. The molecule has 1 aromatic carbocycles. The van der Waals surface area contributed by atoms with Crippen LogP contribution in [0.5, 0.6) is 11.5 Å². The Labute approximate surface area is 235 Å². The summed E-state index contributed by atoms with van der Waals surface area (Å²) in [5, 5.41) is 0. The van der Waals surface area contributed by atoms with Crippen molar-refractivity contribution in [2.45, 2.75) is 65.2 Å². The summed E-state index contributed by atoms with van der Waals surface area (Å²) < 4.78 is 10.8. The second kappa shape index (κ2) is 22.1. The van der Waals surface area contributed by atoms with Gasteiger partial charge in [0.1, 0.15) is 0 Å². The van der Waals surface area contributed by atoms with Crippen LogP contribution in [0.25, 0.3) is 6.08 Å². The lowest BCUT2D eigenvalue weighted by Gasteiger charge is -2.09. The molecule has 0 heterocycles. The third kappa shape index (κ3) is 17.3. The van der Waals surface area contributed by atoms with Gasteiger partial charge in [-0.2, -0.15) is 0 Å². The summed E-state index contributed by atoms with van der Waals surface area (Å²) in [4.78, 5) is 23.9. The van der Waals surface area contributed by atoms with Gasteiger partial charge in [0.25, 0.3) is 0 Å². The zero-order valence-electron chi connectivity index (χ0n) is 23.8. The maximum Gasteiger partial charge on any atom is 0.311 e. The second-order valence-corrected chi connectivity index (χ2v) is 8.82. The van der Waals surface area contributed by atoms with Crippen molar-refractivity contribution in [3.05, 3.63) is 115 Å². The number of esters is 1. The fourth-order valence-electron chi connectivity index (χ4n) is 3.20. The molecule has 0 atom stereocenters. The monoisotopic (exact) mass is 528 g/mol. The Balaban J connectivity index is 2.24. The second-order valence-electron chi connectivity index (χ2n) is 8.82. The highest BCUT2D eigenvalue weighted by molar-refractivity contribution is 6.05. The lowest BCUT2D eigenvalue weighted by molar-refractivity contribution is -0.134. The Kier molecular flexibility index (Phi) is 18.8. The van der Waals surface area contributed by atoms with Crippen molar-refractivity contribution in [3.63, 3.8) is 0 Å². The van der Waals surface area contributed by atoms with Gasteiger partial charge in [-0.1, -0.05) is 98.6 Å². The number of methoxy groups -OCH3 is 1. The molecule has 0 fully saturated rings. The number of ether oxygens (including phenoxy) is 2. The molecule has 1 aromatic rings. The van der Waals surface area contributed by atoms with E-state index in [2.05, 4.69) is 80.3 Å². The number of hydrogen-bond donors (Lipinski definition) is 0. The number of rotatable bonds is 19. The minimum absolute atomic E-state index is 0.140. The van der Waals surface area contributed by atoms with Gasteiger partial charge in [0.15, 0.2) is 17.3 Å². The normalized spacial score (nSPS) is 12.4. The summed E-state index contributed by atoms with van der Waals surface area (Å²) in [6, 6.07) is 5.15. The van der Waals surface area contributed by atoms with Crippen LogP contribution in [-0.2, 0) is 9.59 Å². The zero-order chi connectivity index (χ0) is 28.6. The van der Waals surface area contributed by atoms with Crippen molar-refractivity contribution in [3.8, 4) is 11.5 Å². The molecule has 0 aromatic heterocycles. The smallest absolute Gasteiger partial charge is 0.311 e. The van der Waals surface area contributed by atoms with Crippen molar-refractivity contribution < 1.29 is 19.1 Å². The fraction of sp³-hybridized carbons (Fsp3) is 0.314. The van der Waals surface area contributed by atoms with Crippen LogP contribution in [-0.4, -0.2) is 18.9 Å². The van der Waals surface area contributed by atoms with Crippen molar-refractivity contribution in [1.82, 2.24) is 0 Å². The van der Waals surface area contributed by atoms with Crippen LogP contribution in [0.3, 0.4) is 0 Å². The first kappa shape index (κ1) is 33.1. The number of benzene rings is 1. The number of allylic oxidation sites excluding steroid dienone is 14. The highest BCUT2D eigenvalue weighted by atomic mass is 16.6. The molecule has 0 amide bonds. The minimum Gasteiger partial charge on any atom is -0.493 e. The molecule has 0 spiro atoms. The third-order valence-electron chi connectivity index (χ3n) is 5.37. The molecule has 39 heavy (non-hydrogen) atoms. The van der Waals surface area contributed by atoms with E-state index in [0.717, 1.165) is 44.1 Å². The molecule has 0 radical (unpaired) electrons. The molecule has 1 rings (SSSR count). The Bertz CT molecular complexity index is 1090. The van der Waals surface area contributed by atoms with Gasteiger partial charge >= 0.3 is 5.97 Å². The first-order valence-corrected chi connectivity index (χ1v) is 13.6. The van der Waals surface area contributed by atoms with Gasteiger partial charge in [-0.05, 0) is 81.2 Å². The van der Waals surface area contributed by atoms with Crippen molar-refractivity contribution in [2.24, 2.45) is 0 Å². The van der Waals surface area contributed by atoms with Gasteiger partial charge in [0.05, 0.1) is 7.11 Å². The molecule has 0 saturated carbocycles. The molecule has 0 aliphatic rings. The van der Waals surface area contributed by atoms with E-state index in [1.165, 1.54) is 13.2 Å². The minimum atomic E-state index is -0.325. The van der Waals surface area contributed by atoms with E-state index >= 15 is 0 Å². The van der Waals surface area contributed by atoms with E-state index in [-0.39, 0.29) is 18.2 Å². The van der Waals surface area contributed by atoms with Crippen LogP contribution >= 0.6 is 0 Å². The quantitative estimate of drug-likeness (QED) is 0.0777. The maximum absolute atomic E-state index is 12.2. The molecule has 0 N–H and O–H groups in total. The standard InChI is InChI=1S/C35H44O4/c1-5-6-7-8-9-10-11-12-13-14-15-16-17-18-19-20-21-22-23-24-35(37)39-33-28-26-31(29-34(33)38-4)25-27-32(36)30(2)3/h6-7,9-10,12-13,15-16,18-19,21-22,25-29H,2,5,8,11,14,17,20,23-24H2,1,3-4H3/b7-6-,10-9-,13-12-,16-15-,19-18-,22-21-,27-25+. The van der Waals surface area contributed by atoms with Crippen LogP contribution in [0.1, 0.15) is 70.8 Å². The van der Waals surface area contributed by atoms with Gasteiger partial charge in [-0.25, -0.2) is 0 Å². The third-order valence-corrected chi connectivity index (χ3v) is 5.37. The van der Waals surface area contributed by atoms with Crippen LogP contribution in [0.4, 0.5) is 0 Å². The summed E-state index contributed by atoms with van der Waals surface area (Å²) >= 11 is 0. The van der Waals surface area contributed by atoms with E-state index in [1.807, 2.05) is 6.08 Å². The SMILES string of the molecule is C=C(C)C(=O)/C=C/c1ccc(OC(=O)CC/C=C\C/C=C\C/C=C\C/C=C\C/C=C\C/C=C\CC)c(OC)c1. The molecule has 0 unspecified atom stereocenters. The van der Waals surface area contributed by atoms with E-state index in [9.17, 15) is 9.59 Å². The van der Waals surface area contributed by atoms with Crippen LogP contribution in [0.15, 0.2) is 109 Å². The number of hydrogen-bond acceptors (Lipinski definition) is 4. The summed E-state index contributed by atoms with van der Waals surface area (Å²) in [5.41, 5.74) is 1.23. The fourth-order valence-corrected chi connectivity index (χ4v) is 3.20. The summed E-state index contributed by atoms with van der Waals surface area (Å²) in [6.45, 7) is 7.44. The average Bonchev–Trinajstić information content (AvgIpc) is 2.93. The Morgan fingerprint density at radius 1 is 0.769 bits per heavy atom. The molecule has 0 aliphatic carbocycles. The van der Waals surface area contributed by atoms with E-state index in [0.29, 0.717) is 23.5 Å². The zero-order valence-corrected chi connectivity index (χ0v) is 23.8. The van der Waals surface area contributed by atoms with Crippen molar-refractivity contribution >= 4 is 17.8 Å². The van der Waals surface area contributed by atoms with E-state index < -0.39 is 0 Å². The van der Waals surface area contributed by atoms with Crippen molar-refractivity contribution in [2.75, 3.05) is 7.11 Å². The topological polar surface area (TPSA) is 52.6 Å². The predicted octanol–water partition coefficient (Wildman–Crippen LogP) is 9.24. The largest absolute Gasteiger partial charge is 0.493 e. The Morgan fingerprint density at radius 2 is 1.28 bits per heavy atom. The predicted molar refractivity (Wildman–Crippen MR) is 165 cm³/mol. The van der Waals surface area contributed by atoms with Gasteiger partial charge in [0.2, 0.25) is 0 Å². The summed E-state index contributed by atoms with van der Waals surface area (Å²) in [5.74, 6) is 0.322. The van der Waals surface area contributed by atoms with Gasteiger partial charge in [-0.15, -0.1) is 0 Å². The molecule has 4 heteroatoms. The van der Waals surface area contributed by atoms with Gasteiger partial charge < -0.3 is 9.47 Å². The molecular formula is C35H44O4. The number of carbonyl (C=O) groups excluding carboxylic acids is 2. The molecule has 0 aliphatic heterocycles. The van der Waals surface area contributed by atoms with Crippen LogP contribution < -0.4 is 9.47 Å². The highest BCUT2D eigenvalue weighted by Gasteiger charge is 2.10. The first-order valence-electron chi connectivity index (χ1n) is 13.6. The van der Waals surface area contributed by atoms with Gasteiger partial charge in [0, 0.05) is 6.42 Å². The van der Waals surface area contributed by atoms with Gasteiger partial charge in [-0.3, -0.25) is 9.59 Å². The molecule has 208 valence electrons. The highest BCUT2D eigenvalue weighted by Crippen LogP contribution is 2.29. The average molecular weight is 529 g/mol. The Morgan fingerprint density at radius 3 is 1.77 bits per heavy atom. The number of ketones is 1. The number of carbonyl (C=O) groups is 2. The Hall–Kier alpha value is -3.92. The molecule has 4 nitrogen and oxygen atoms in total. The molecule has 0 saturated heterocycles. The molecule has 0 bridgehead atoms. The first-order chi connectivity index (χ1) is 19.0. The maximum atomic E-state index is 12.2. The lowest BCUT2D eigenvalue weighted by Crippen LogP contribution is -2.08. The van der Waals surface area contributed by atoms with E-state index in [4.69, 9.17) is 9.47 Å². The lowest BCUT2D eigenvalue weighted by atomic mass is 10.1. The van der Waals surface area contributed by atoms with E-state index in [1.54, 1.807) is 31.2 Å². The summed E-state index contributed by atoms with van der Waals surface area (Å²) in [7, 11) is 1.51.